The molecule has 0 spiro atoms. The Balaban J connectivity index is 1.69. The second-order valence-corrected chi connectivity index (χ2v) is 6.46. The van der Waals surface area contributed by atoms with E-state index in [1.54, 1.807) is 6.08 Å². The SMILES string of the molecule is N#CC(C#N)=Cc1ccccc1N1CCC(Cc2ccccc2)CC1. The van der Waals surface area contributed by atoms with Gasteiger partial charge in [-0.05, 0) is 48.4 Å². The number of hydrogen-bond donors (Lipinski definition) is 0. The highest BCUT2D eigenvalue weighted by atomic mass is 15.1. The Kier molecular flexibility index (Phi) is 5.50. The number of allylic oxidation sites excluding steroid dienone is 1. The van der Waals surface area contributed by atoms with Crippen molar-refractivity contribution >= 4 is 11.8 Å². The standard InChI is InChI=1S/C22H21N3/c23-16-20(17-24)15-21-8-4-5-9-22(21)25-12-10-19(11-13-25)14-18-6-2-1-3-7-18/h1-9,15,19H,10-14H2. The van der Waals surface area contributed by atoms with Gasteiger partial charge in [0.2, 0.25) is 0 Å². The Bertz CT molecular complexity index is 800. The molecule has 3 nitrogen and oxygen atoms in total. The number of anilines is 1. The number of rotatable bonds is 4. The van der Waals surface area contributed by atoms with Crippen molar-refractivity contribution in [1.82, 2.24) is 0 Å². The van der Waals surface area contributed by atoms with Gasteiger partial charge in [-0.25, -0.2) is 0 Å². The summed E-state index contributed by atoms with van der Waals surface area (Å²) in [5, 5.41) is 18.0. The quantitative estimate of drug-likeness (QED) is 0.773. The number of hydrogen-bond acceptors (Lipinski definition) is 3. The molecule has 0 amide bonds. The third kappa shape index (κ3) is 4.28. The molecule has 0 N–H and O–H groups in total. The molecular formula is C22H21N3. The number of nitriles is 2. The van der Waals surface area contributed by atoms with Crippen LogP contribution in [0.2, 0.25) is 0 Å². The second-order valence-electron chi connectivity index (χ2n) is 6.46. The van der Waals surface area contributed by atoms with Gasteiger partial charge in [0.15, 0.2) is 0 Å². The van der Waals surface area contributed by atoms with Crippen molar-refractivity contribution in [2.75, 3.05) is 18.0 Å². The zero-order valence-electron chi connectivity index (χ0n) is 14.2. The van der Waals surface area contributed by atoms with Crippen LogP contribution < -0.4 is 4.90 Å². The third-order valence-corrected chi connectivity index (χ3v) is 4.80. The molecule has 2 aromatic carbocycles. The minimum atomic E-state index is 0.145. The molecule has 0 atom stereocenters. The molecule has 0 bridgehead atoms. The fraction of sp³-hybridized carbons (Fsp3) is 0.273. The lowest BCUT2D eigenvalue weighted by Gasteiger charge is -2.34. The van der Waals surface area contributed by atoms with Gasteiger partial charge in [-0.2, -0.15) is 10.5 Å². The maximum absolute atomic E-state index is 9.01. The van der Waals surface area contributed by atoms with Gasteiger partial charge >= 0.3 is 0 Å². The third-order valence-electron chi connectivity index (χ3n) is 4.80. The largest absolute Gasteiger partial charge is 0.371 e. The van der Waals surface area contributed by atoms with Crippen molar-refractivity contribution in [1.29, 1.82) is 10.5 Å². The Morgan fingerprint density at radius 3 is 2.28 bits per heavy atom. The molecule has 3 rings (SSSR count). The molecule has 0 aliphatic carbocycles. The van der Waals surface area contributed by atoms with Crippen molar-refractivity contribution in [3.05, 3.63) is 71.3 Å². The Labute approximate surface area is 149 Å². The van der Waals surface area contributed by atoms with Crippen LogP contribution in [0.25, 0.3) is 6.08 Å². The highest BCUT2D eigenvalue weighted by Gasteiger charge is 2.21. The molecule has 0 radical (unpaired) electrons. The van der Waals surface area contributed by atoms with Gasteiger partial charge in [-0.15, -0.1) is 0 Å². The molecule has 2 aromatic rings. The van der Waals surface area contributed by atoms with Crippen LogP contribution in [0.5, 0.6) is 0 Å². The van der Waals surface area contributed by atoms with Crippen LogP contribution in [-0.4, -0.2) is 13.1 Å². The summed E-state index contributed by atoms with van der Waals surface area (Å²) in [6.07, 6.45) is 5.15. The van der Waals surface area contributed by atoms with Crippen molar-refractivity contribution in [2.45, 2.75) is 19.3 Å². The summed E-state index contributed by atoms with van der Waals surface area (Å²) in [6.45, 7) is 2.02. The number of piperidine rings is 1. The van der Waals surface area contributed by atoms with E-state index < -0.39 is 0 Å². The summed E-state index contributed by atoms with van der Waals surface area (Å²) < 4.78 is 0. The minimum absolute atomic E-state index is 0.145. The first-order valence-corrected chi connectivity index (χ1v) is 8.70. The Morgan fingerprint density at radius 2 is 1.60 bits per heavy atom. The van der Waals surface area contributed by atoms with Crippen LogP contribution in [0.3, 0.4) is 0 Å². The lowest BCUT2D eigenvalue weighted by molar-refractivity contribution is 0.403. The van der Waals surface area contributed by atoms with E-state index in [4.69, 9.17) is 10.5 Å². The molecule has 0 aromatic heterocycles. The van der Waals surface area contributed by atoms with Crippen molar-refractivity contribution in [2.24, 2.45) is 5.92 Å². The Hall–Kier alpha value is -3.04. The molecule has 1 aliphatic rings. The summed E-state index contributed by atoms with van der Waals surface area (Å²) in [6, 6.07) is 22.6. The van der Waals surface area contributed by atoms with Crippen LogP contribution in [0.15, 0.2) is 60.2 Å². The second kappa shape index (κ2) is 8.18. The smallest absolute Gasteiger partial charge is 0.130 e. The van der Waals surface area contributed by atoms with E-state index in [0.717, 1.165) is 49.5 Å². The van der Waals surface area contributed by atoms with Crippen molar-refractivity contribution in [3.8, 4) is 12.1 Å². The molecule has 3 heteroatoms. The summed E-state index contributed by atoms with van der Waals surface area (Å²) in [4.78, 5) is 2.37. The average molecular weight is 327 g/mol. The van der Waals surface area contributed by atoms with E-state index in [2.05, 4.69) is 41.3 Å². The highest BCUT2D eigenvalue weighted by molar-refractivity contribution is 5.72. The molecule has 0 saturated carbocycles. The Morgan fingerprint density at radius 1 is 0.960 bits per heavy atom. The van der Waals surface area contributed by atoms with Gasteiger partial charge in [0.05, 0.1) is 0 Å². The minimum Gasteiger partial charge on any atom is -0.371 e. The van der Waals surface area contributed by atoms with Crippen LogP contribution in [-0.2, 0) is 6.42 Å². The normalized spacial score (nSPS) is 14.4. The van der Waals surface area contributed by atoms with Gasteiger partial charge in [0.25, 0.3) is 0 Å². The maximum Gasteiger partial charge on any atom is 0.130 e. The number of benzene rings is 2. The molecule has 1 aliphatic heterocycles. The lowest BCUT2D eigenvalue weighted by atomic mass is 9.89. The zero-order chi connectivity index (χ0) is 17.5. The fourth-order valence-electron chi connectivity index (χ4n) is 3.47. The van der Waals surface area contributed by atoms with Crippen molar-refractivity contribution < 1.29 is 0 Å². The van der Waals surface area contributed by atoms with Crippen LogP contribution >= 0.6 is 0 Å². The van der Waals surface area contributed by atoms with Crippen LogP contribution in [0.1, 0.15) is 24.0 Å². The van der Waals surface area contributed by atoms with E-state index in [9.17, 15) is 0 Å². The molecule has 1 heterocycles. The first kappa shape index (κ1) is 16.8. The van der Waals surface area contributed by atoms with Gasteiger partial charge in [-0.1, -0.05) is 48.5 Å². The topological polar surface area (TPSA) is 50.8 Å². The highest BCUT2D eigenvalue weighted by Crippen LogP contribution is 2.29. The van der Waals surface area contributed by atoms with E-state index in [-0.39, 0.29) is 5.57 Å². The molecule has 25 heavy (non-hydrogen) atoms. The van der Waals surface area contributed by atoms with E-state index in [1.807, 2.05) is 30.3 Å². The average Bonchev–Trinajstić information content (AvgIpc) is 2.68. The summed E-state index contributed by atoms with van der Waals surface area (Å²) in [5.74, 6) is 0.718. The zero-order valence-corrected chi connectivity index (χ0v) is 14.2. The monoisotopic (exact) mass is 327 g/mol. The maximum atomic E-state index is 9.01. The number of para-hydroxylation sites is 1. The van der Waals surface area contributed by atoms with Gasteiger partial charge in [0.1, 0.15) is 17.7 Å². The van der Waals surface area contributed by atoms with E-state index >= 15 is 0 Å². The first-order chi connectivity index (χ1) is 12.3. The van der Waals surface area contributed by atoms with E-state index in [0.29, 0.717) is 0 Å². The van der Waals surface area contributed by atoms with Crippen molar-refractivity contribution in [3.63, 3.8) is 0 Å². The summed E-state index contributed by atoms with van der Waals surface area (Å²) in [7, 11) is 0. The summed E-state index contributed by atoms with van der Waals surface area (Å²) >= 11 is 0. The first-order valence-electron chi connectivity index (χ1n) is 8.70. The van der Waals surface area contributed by atoms with Gasteiger partial charge < -0.3 is 4.90 Å². The van der Waals surface area contributed by atoms with Gasteiger partial charge in [-0.3, -0.25) is 0 Å². The molecular weight excluding hydrogens is 306 g/mol. The van der Waals surface area contributed by atoms with E-state index in [1.165, 1.54) is 5.56 Å². The lowest BCUT2D eigenvalue weighted by Crippen LogP contribution is -2.34. The van der Waals surface area contributed by atoms with Crippen LogP contribution in [0, 0.1) is 28.6 Å². The number of nitrogens with zero attached hydrogens (tertiary/aromatic N) is 3. The fourth-order valence-corrected chi connectivity index (χ4v) is 3.47. The molecule has 1 saturated heterocycles. The van der Waals surface area contributed by atoms with Gasteiger partial charge in [0, 0.05) is 18.8 Å². The molecule has 124 valence electrons. The summed E-state index contributed by atoms with van der Waals surface area (Å²) in [5.41, 5.74) is 3.62. The molecule has 0 unspecified atom stereocenters. The molecule has 1 fully saturated rings. The predicted octanol–water partition coefficient (Wildman–Crippen LogP) is 4.58. The van der Waals surface area contributed by atoms with Crippen LogP contribution in [0.4, 0.5) is 5.69 Å². The predicted molar refractivity (Wildman–Crippen MR) is 101 cm³/mol.